The number of hydrogen-bond donors (Lipinski definition) is 1. The first kappa shape index (κ1) is 20.1. The molecule has 0 bridgehead atoms. The fourth-order valence-electron chi connectivity index (χ4n) is 3.26. The summed E-state index contributed by atoms with van der Waals surface area (Å²) in [6, 6.07) is 13.5. The first-order valence-electron chi connectivity index (χ1n) is 9.20. The van der Waals surface area contributed by atoms with Gasteiger partial charge in [-0.2, -0.15) is 9.78 Å². The summed E-state index contributed by atoms with van der Waals surface area (Å²) < 4.78 is 1.10. The van der Waals surface area contributed by atoms with Gasteiger partial charge in [-0.25, -0.2) is 0 Å². The van der Waals surface area contributed by atoms with Gasteiger partial charge in [0.15, 0.2) is 0 Å². The highest BCUT2D eigenvalue weighted by Gasteiger charge is 2.24. The minimum atomic E-state index is -0.550. The SMILES string of the molecule is O=C(Nc1ccccc1N1CCCC1=O)c1ccc(-n2ncc(Cl)c(Cl)c2=O)cc1. The molecule has 7 nitrogen and oxygen atoms in total. The number of amides is 2. The van der Waals surface area contributed by atoms with E-state index in [0.717, 1.165) is 11.1 Å². The number of carbonyl (C=O) groups is 2. The van der Waals surface area contributed by atoms with Crippen LogP contribution in [0.1, 0.15) is 23.2 Å². The van der Waals surface area contributed by atoms with E-state index < -0.39 is 5.56 Å². The zero-order valence-electron chi connectivity index (χ0n) is 15.6. The fourth-order valence-corrected chi connectivity index (χ4v) is 3.52. The maximum Gasteiger partial charge on any atom is 0.291 e. The maximum absolute atomic E-state index is 12.7. The monoisotopic (exact) mass is 442 g/mol. The zero-order chi connectivity index (χ0) is 21.3. The molecular formula is C21H16Cl2N4O3. The molecule has 1 aliphatic rings. The van der Waals surface area contributed by atoms with E-state index in [-0.39, 0.29) is 21.9 Å². The Morgan fingerprint density at radius 1 is 1.03 bits per heavy atom. The highest BCUT2D eigenvalue weighted by molar-refractivity contribution is 6.41. The normalized spacial score (nSPS) is 13.5. The first-order chi connectivity index (χ1) is 14.5. The summed E-state index contributed by atoms with van der Waals surface area (Å²) in [6.45, 7) is 0.631. The van der Waals surface area contributed by atoms with E-state index in [1.54, 1.807) is 41.3 Å². The van der Waals surface area contributed by atoms with Gasteiger partial charge in [-0.15, -0.1) is 0 Å². The smallest absolute Gasteiger partial charge is 0.291 e. The van der Waals surface area contributed by atoms with E-state index in [9.17, 15) is 14.4 Å². The summed E-state index contributed by atoms with van der Waals surface area (Å²) in [5.74, 6) is -0.296. The van der Waals surface area contributed by atoms with Crippen LogP contribution in [-0.2, 0) is 4.79 Å². The van der Waals surface area contributed by atoms with Gasteiger partial charge in [-0.3, -0.25) is 14.4 Å². The standard InChI is InChI=1S/C21H16Cl2N4O3/c22-15-12-24-27(21(30)19(15)23)14-9-7-13(8-10-14)20(29)25-16-4-1-2-5-17(16)26-11-3-6-18(26)28/h1-2,4-5,7-10,12H,3,6,11H2,(H,25,29). The van der Waals surface area contributed by atoms with Crippen LogP contribution in [0, 0.1) is 0 Å². The third-order valence-corrected chi connectivity index (χ3v) is 5.52. The topological polar surface area (TPSA) is 84.3 Å². The summed E-state index contributed by atoms with van der Waals surface area (Å²) in [7, 11) is 0. The lowest BCUT2D eigenvalue weighted by atomic mass is 10.1. The molecule has 0 radical (unpaired) electrons. The van der Waals surface area contributed by atoms with Crippen molar-refractivity contribution in [2.45, 2.75) is 12.8 Å². The largest absolute Gasteiger partial charge is 0.320 e. The van der Waals surface area contributed by atoms with Crippen molar-refractivity contribution in [2.24, 2.45) is 0 Å². The molecule has 2 amide bonds. The Morgan fingerprint density at radius 2 is 1.77 bits per heavy atom. The number of halogens is 2. The van der Waals surface area contributed by atoms with Crippen molar-refractivity contribution in [2.75, 3.05) is 16.8 Å². The minimum absolute atomic E-state index is 0.0422. The Bertz CT molecular complexity index is 1190. The summed E-state index contributed by atoms with van der Waals surface area (Å²) in [6.07, 6.45) is 2.58. The van der Waals surface area contributed by atoms with Crippen LogP contribution in [0.15, 0.2) is 59.5 Å². The van der Waals surface area contributed by atoms with Crippen LogP contribution < -0.4 is 15.8 Å². The van der Waals surface area contributed by atoms with Gasteiger partial charge >= 0.3 is 0 Å². The number of rotatable bonds is 4. The number of anilines is 2. The van der Waals surface area contributed by atoms with Gasteiger partial charge in [0.1, 0.15) is 5.02 Å². The van der Waals surface area contributed by atoms with E-state index in [2.05, 4.69) is 10.4 Å². The summed E-state index contributed by atoms with van der Waals surface area (Å²) in [4.78, 5) is 38.7. The molecule has 2 aromatic carbocycles. The molecule has 1 saturated heterocycles. The molecule has 1 N–H and O–H groups in total. The Hall–Kier alpha value is -3.16. The van der Waals surface area contributed by atoms with Gasteiger partial charge in [0.2, 0.25) is 5.91 Å². The van der Waals surface area contributed by atoms with Crippen molar-refractivity contribution in [1.82, 2.24) is 9.78 Å². The van der Waals surface area contributed by atoms with Crippen LogP contribution in [0.2, 0.25) is 10.0 Å². The van der Waals surface area contributed by atoms with E-state index in [1.807, 2.05) is 12.1 Å². The van der Waals surface area contributed by atoms with Crippen LogP contribution >= 0.6 is 23.2 Å². The van der Waals surface area contributed by atoms with E-state index in [0.29, 0.717) is 35.6 Å². The molecule has 3 aromatic rings. The van der Waals surface area contributed by atoms with Crippen LogP contribution in [0.25, 0.3) is 5.69 Å². The number of nitrogens with zero attached hydrogens (tertiary/aromatic N) is 3. The lowest BCUT2D eigenvalue weighted by Crippen LogP contribution is -2.25. The lowest BCUT2D eigenvalue weighted by Gasteiger charge is -2.20. The number of hydrogen-bond acceptors (Lipinski definition) is 4. The highest BCUT2D eigenvalue weighted by Crippen LogP contribution is 2.29. The van der Waals surface area contributed by atoms with Crippen LogP contribution in [0.4, 0.5) is 11.4 Å². The molecule has 30 heavy (non-hydrogen) atoms. The quantitative estimate of drug-likeness (QED) is 0.663. The van der Waals surface area contributed by atoms with Crippen LogP contribution in [0.3, 0.4) is 0 Å². The predicted octanol–water partition coefficient (Wildman–Crippen LogP) is 3.92. The molecule has 1 aliphatic heterocycles. The second-order valence-electron chi connectivity index (χ2n) is 6.69. The summed E-state index contributed by atoms with van der Waals surface area (Å²) >= 11 is 11.7. The molecule has 0 aliphatic carbocycles. The summed E-state index contributed by atoms with van der Waals surface area (Å²) in [5.41, 5.74) is 1.51. The van der Waals surface area contributed by atoms with Gasteiger partial charge in [0.25, 0.3) is 11.5 Å². The Morgan fingerprint density at radius 3 is 2.47 bits per heavy atom. The lowest BCUT2D eigenvalue weighted by molar-refractivity contribution is -0.117. The van der Waals surface area contributed by atoms with Gasteiger partial charge in [-0.05, 0) is 42.8 Å². The van der Waals surface area contributed by atoms with Crippen molar-refractivity contribution in [3.63, 3.8) is 0 Å². The molecule has 2 heterocycles. The van der Waals surface area contributed by atoms with Crippen molar-refractivity contribution in [1.29, 1.82) is 0 Å². The predicted molar refractivity (Wildman–Crippen MR) is 116 cm³/mol. The van der Waals surface area contributed by atoms with Gasteiger partial charge in [0.05, 0.1) is 28.3 Å². The minimum Gasteiger partial charge on any atom is -0.320 e. The second-order valence-corrected chi connectivity index (χ2v) is 7.48. The molecule has 9 heteroatoms. The van der Waals surface area contributed by atoms with Crippen molar-refractivity contribution in [3.8, 4) is 5.69 Å². The molecule has 1 fully saturated rings. The van der Waals surface area contributed by atoms with Crippen molar-refractivity contribution in [3.05, 3.63) is 80.7 Å². The molecule has 0 unspecified atom stereocenters. The molecular weight excluding hydrogens is 427 g/mol. The maximum atomic E-state index is 12.7. The van der Waals surface area contributed by atoms with Gasteiger partial charge in [-0.1, -0.05) is 35.3 Å². The number of benzene rings is 2. The molecule has 0 saturated carbocycles. The Balaban J connectivity index is 1.57. The molecule has 0 atom stereocenters. The molecule has 0 spiro atoms. The number of aromatic nitrogens is 2. The highest BCUT2D eigenvalue weighted by atomic mass is 35.5. The zero-order valence-corrected chi connectivity index (χ0v) is 17.2. The Labute approximate surface area is 181 Å². The summed E-state index contributed by atoms with van der Waals surface area (Å²) in [5, 5.41) is 6.77. The first-order valence-corrected chi connectivity index (χ1v) is 9.96. The average molecular weight is 443 g/mol. The number of para-hydroxylation sites is 2. The average Bonchev–Trinajstić information content (AvgIpc) is 3.18. The second kappa shape index (κ2) is 8.30. The Kier molecular flexibility index (Phi) is 5.57. The van der Waals surface area contributed by atoms with Crippen LogP contribution in [-0.4, -0.2) is 28.1 Å². The van der Waals surface area contributed by atoms with Gasteiger partial charge in [0, 0.05) is 18.5 Å². The van der Waals surface area contributed by atoms with Crippen molar-refractivity contribution < 1.29 is 9.59 Å². The molecule has 4 rings (SSSR count). The van der Waals surface area contributed by atoms with E-state index >= 15 is 0 Å². The number of nitrogens with one attached hydrogen (secondary N) is 1. The third kappa shape index (κ3) is 3.81. The molecule has 1 aromatic heterocycles. The van der Waals surface area contributed by atoms with Crippen molar-refractivity contribution >= 4 is 46.4 Å². The van der Waals surface area contributed by atoms with Crippen LogP contribution in [0.5, 0.6) is 0 Å². The number of carbonyl (C=O) groups excluding carboxylic acids is 2. The fraction of sp³-hybridized carbons (Fsp3) is 0.143. The van der Waals surface area contributed by atoms with E-state index in [1.165, 1.54) is 6.20 Å². The molecule has 152 valence electrons. The van der Waals surface area contributed by atoms with E-state index in [4.69, 9.17) is 23.2 Å². The van der Waals surface area contributed by atoms with Gasteiger partial charge < -0.3 is 10.2 Å². The third-order valence-electron chi connectivity index (χ3n) is 4.77.